The van der Waals surface area contributed by atoms with Gasteiger partial charge in [-0.2, -0.15) is 0 Å². The van der Waals surface area contributed by atoms with Crippen LogP contribution in [0.5, 0.6) is 0 Å². The number of alkyl carbamates (subject to hydrolysis) is 1. The molecule has 1 aliphatic rings. The van der Waals surface area contributed by atoms with E-state index in [1.807, 2.05) is 27.0 Å². The topological polar surface area (TPSA) is 67.4 Å². The van der Waals surface area contributed by atoms with Crippen LogP contribution in [-0.4, -0.2) is 51.9 Å². The summed E-state index contributed by atoms with van der Waals surface area (Å²) in [5.41, 5.74) is 0.539. The van der Waals surface area contributed by atoms with Crippen LogP contribution in [0.1, 0.15) is 45.7 Å². The Morgan fingerprint density at radius 3 is 2.83 bits per heavy atom. The van der Waals surface area contributed by atoms with Crippen molar-refractivity contribution in [1.29, 1.82) is 0 Å². The van der Waals surface area contributed by atoms with Gasteiger partial charge in [-0.1, -0.05) is 6.42 Å². The summed E-state index contributed by atoms with van der Waals surface area (Å²) in [6, 6.07) is 0.308. The molecule has 1 fully saturated rings. The van der Waals surface area contributed by atoms with Crippen molar-refractivity contribution in [2.45, 2.75) is 63.2 Å². The molecule has 1 aliphatic heterocycles. The fourth-order valence-corrected chi connectivity index (χ4v) is 3.36. The molecule has 1 saturated heterocycles. The molecule has 1 unspecified atom stereocenters. The lowest BCUT2D eigenvalue weighted by molar-refractivity contribution is 0.0491. The second-order valence-electron chi connectivity index (χ2n) is 7.02. The van der Waals surface area contributed by atoms with E-state index in [0.29, 0.717) is 12.6 Å². The third-order valence-corrected chi connectivity index (χ3v) is 4.64. The zero-order valence-electron chi connectivity index (χ0n) is 15.0. The summed E-state index contributed by atoms with van der Waals surface area (Å²) >= 11 is 1.62. The van der Waals surface area contributed by atoms with Crippen molar-refractivity contribution in [1.82, 2.24) is 20.2 Å². The summed E-state index contributed by atoms with van der Waals surface area (Å²) in [6.45, 7) is 8.01. The summed E-state index contributed by atoms with van der Waals surface area (Å²) in [4.78, 5) is 23.2. The summed E-state index contributed by atoms with van der Waals surface area (Å²) in [7, 11) is 0. The second-order valence-corrected chi connectivity index (χ2v) is 7.81. The van der Waals surface area contributed by atoms with Crippen molar-refractivity contribution in [2.24, 2.45) is 0 Å². The first-order chi connectivity index (χ1) is 11.4. The standard InChI is InChI=1S/C17H28N4O2S/c1-17(2,3)23-16(22)20-11-13-7-5-6-10-21(13)12-14-15(24-4)19-9-8-18-14/h8-9,13H,5-7,10-12H2,1-4H3,(H,20,22). The molecule has 0 saturated carbocycles. The highest BCUT2D eigenvalue weighted by molar-refractivity contribution is 7.98. The van der Waals surface area contributed by atoms with Gasteiger partial charge in [0.1, 0.15) is 10.6 Å². The Bertz CT molecular complexity index is 548. The average Bonchev–Trinajstić information content (AvgIpc) is 2.53. The normalized spacial score (nSPS) is 19.1. The fraction of sp³-hybridized carbons (Fsp3) is 0.706. The van der Waals surface area contributed by atoms with Gasteiger partial charge in [-0.15, -0.1) is 11.8 Å². The quantitative estimate of drug-likeness (QED) is 0.822. The number of carbonyl (C=O) groups is 1. The third kappa shape index (κ3) is 5.94. The molecule has 1 N–H and O–H groups in total. The molecule has 1 aromatic heterocycles. The van der Waals surface area contributed by atoms with Crippen LogP contribution in [0.15, 0.2) is 17.4 Å². The first kappa shape index (κ1) is 19.0. The number of aromatic nitrogens is 2. The van der Waals surface area contributed by atoms with Crippen LogP contribution in [-0.2, 0) is 11.3 Å². The number of rotatable bonds is 5. The number of nitrogens with one attached hydrogen (secondary N) is 1. The molecule has 1 amide bonds. The lowest BCUT2D eigenvalue weighted by Crippen LogP contribution is -2.47. The van der Waals surface area contributed by atoms with Gasteiger partial charge in [0, 0.05) is 31.5 Å². The number of hydrogen-bond donors (Lipinski definition) is 1. The summed E-state index contributed by atoms with van der Waals surface area (Å²) in [5, 5.41) is 3.88. The van der Waals surface area contributed by atoms with E-state index in [4.69, 9.17) is 4.74 Å². The zero-order chi connectivity index (χ0) is 17.6. The Hall–Kier alpha value is -1.34. The largest absolute Gasteiger partial charge is 0.444 e. The zero-order valence-corrected chi connectivity index (χ0v) is 15.9. The molecule has 6 nitrogen and oxygen atoms in total. The monoisotopic (exact) mass is 352 g/mol. The van der Waals surface area contributed by atoms with Gasteiger partial charge < -0.3 is 10.1 Å². The minimum absolute atomic E-state index is 0.308. The number of hydrogen-bond acceptors (Lipinski definition) is 6. The average molecular weight is 353 g/mol. The molecule has 7 heteroatoms. The van der Waals surface area contributed by atoms with Gasteiger partial charge in [-0.25, -0.2) is 9.78 Å². The number of thioether (sulfide) groups is 1. The van der Waals surface area contributed by atoms with Gasteiger partial charge in [0.2, 0.25) is 0 Å². The van der Waals surface area contributed by atoms with E-state index in [9.17, 15) is 4.79 Å². The lowest BCUT2D eigenvalue weighted by atomic mass is 10.0. The third-order valence-electron chi connectivity index (χ3n) is 3.91. The lowest BCUT2D eigenvalue weighted by Gasteiger charge is -2.35. The molecular weight excluding hydrogens is 324 g/mol. The van der Waals surface area contributed by atoms with Crippen LogP contribution in [0.2, 0.25) is 0 Å². The highest BCUT2D eigenvalue weighted by atomic mass is 32.2. The maximum absolute atomic E-state index is 11.9. The first-order valence-corrected chi connectivity index (χ1v) is 9.66. The van der Waals surface area contributed by atoms with Crippen molar-refractivity contribution in [3.05, 3.63) is 18.1 Å². The Morgan fingerprint density at radius 1 is 1.38 bits per heavy atom. The van der Waals surface area contributed by atoms with Crippen molar-refractivity contribution < 1.29 is 9.53 Å². The molecule has 134 valence electrons. The van der Waals surface area contributed by atoms with Crippen LogP contribution in [0, 0.1) is 0 Å². The molecule has 0 radical (unpaired) electrons. The van der Waals surface area contributed by atoms with Crippen LogP contribution < -0.4 is 5.32 Å². The minimum Gasteiger partial charge on any atom is -0.444 e. The number of piperidine rings is 1. The number of ether oxygens (including phenoxy) is 1. The minimum atomic E-state index is -0.469. The van der Waals surface area contributed by atoms with Crippen LogP contribution >= 0.6 is 11.8 Å². The maximum Gasteiger partial charge on any atom is 0.407 e. The molecule has 1 aromatic rings. The predicted octanol–water partition coefficient (Wildman–Crippen LogP) is 3.08. The van der Waals surface area contributed by atoms with Gasteiger partial charge in [-0.05, 0) is 46.4 Å². The molecule has 2 rings (SSSR count). The van der Waals surface area contributed by atoms with Crippen molar-refractivity contribution in [3.8, 4) is 0 Å². The Balaban J connectivity index is 1.94. The highest BCUT2D eigenvalue weighted by Crippen LogP contribution is 2.22. The van der Waals surface area contributed by atoms with E-state index >= 15 is 0 Å². The summed E-state index contributed by atoms with van der Waals surface area (Å²) < 4.78 is 5.32. The number of carbonyl (C=O) groups excluding carboxylic acids is 1. The van der Waals surface area contributed by atoms with E-state index in [1.165, 1.54) is 12.8 Å². The van der Waals surface area contributed by atoms with Gasteiger partial charge in [0.15, 0.2) is 0 Å². The van der Waals surface area contributed by atoms with E-state index in [0.717, 1.165) is 30.2 Å². The second kappa shape index (κ2) is 8.67. The Morgan fingerprint density at radius 2 is 2.12 bits per heavy atom. The summed E-state index contributed by atoms with van der Waals surface area (Å²) in [5.74, 6) is 0. The Labute approximate surface area is 148 Å². The van der Waals surface area contributed by atoms with Gasteiger partial charge >= 0.3 is 6.09 Å². The smallest absolute Gasteiger partial charge is 0.407 e. The molecule has 0 bridgehead atoms. The van der Waals surface area contributed by atoms with Crippen molar-refractivity contribution in [3.63, 3.8) is 0 Å². The molecule has 2 heterocycles. The first-order valence-electron chi connectivity index (χ1n) is 8.44. The van der Waals surface area contributed by atoms with Gasteiger partial charge in [0.25, 0.3) is 0 Å². The molecule has 1 atom stereocenters. The van der Waals surface area contributed by atoms with E-state index in [-0.39, 0.29) is 6.09 Å². The molecule has 0 aromatic carbocycles. The fourth-order valence-electron chi connectivity index (χ4n) is 2.84. The number of likely N-dealkylation sites (tertiary alicyclic amines) is 1. The number of amides is 1. The highest BCUT2D eigenvalue weighted by Gasteiger charge is 2.25. The van der Waals surface area contributed by atoms with E-state index in [2.05, 4.69) is 20.2 Å². The molecular formula is C17H28N4O2S. The summed E-state index contributed by atoms with van der Waals surface area (Å²) in [6.07, 6.45) is 8.58. The predicted molar refractivity (Wildman–Crippen MR) is 96.1 cm³/mol. The van der Waals surface area contributed by atoms with E-state index < -0.39 is 5.60 Å². The molecule has 0 spiro atoms. The SMILES string of the molecule is CSc1nccnc1CN1CCCCC1CNC(=O)OC(C)(C)C. The van der Waals surface area contributed by atoms with Gasteiger partial charge in [-0.3, -0.25) is 9.88 Å². The van der Waals surface area contributed by atoms with Crippen LogP contribution in [0.3, 0.4) is 0 Å². The van der Waals surface area contributed by atoms with Crippen molar-refractivity contribution in [2.75, 3.05) is 19.3 Å². The van der Waals surface area contributed by atoms with Gasteiger partial charge in [0.05, 0.1) is 5.69 Å². The van der Waals surface area contributed by atoms with Crippen LogP contribution in [0.4, 0.5) is 4.79 Å². The van der Waals surface area contributed by atoms with Crippen LogP contribution in [0.25, 0.3) is 0 Å². The number of nitrogens with zero attached hydrogens (tertiary/aromatic N) is 3. The molecule has 0 aliphatic carbocycles. The van der Waals surface area contributed by atoms with Crippen molar-refractivity contribution >= 4 is 17.9 Å². The maximum atomic E-state index is 11.9. The van der Waals surface area contributed by atoms with E-state index in [1.54, 1.807) is 24.2 Å². The Kier molecular flexibility index (Phi) is 6.86. The molecule has 24 heavy (non-hydrogen) atoms.